The number of pyridine rings is 2. The smallest absolute Gasteiger partial charge is 0.307 e. The van der Waals surface area contributed by atoms with Crippen molar-refractivity contribution in [3.05, 3.63) is 115 Å². The molecule has 10 atom stereocenters. The molecule has 4 aromatic rings. The lowest BCUT2D eigenvalue weighted by molar-refractivity contribution is -0.146. The van der Waals surface area contributed by atoms with Crippen LogP contribution in [0.25, 0.3) is 0 Å². The third-order valence-electron chi connectivity index (χ3n) is 21.5. The molecule has 16 nitrogen and oxygen atoms in total. The van der Waals surface area contributed by atoms with Crippen LogP contribution in [0.3, 0.4) is 0 Å². The molecule has 8 aliphatic rings. The van der Waals surface area contributed by atoms with Crippen molar-refractivity contribution in [1.29, 1.82) is 0 Å². The first-order valence-corrected chi connectivity index (χ1v) is 32.4. The van der Waals surface area contributed by atoms with Gasteiger partial charge in [0.05, 0.1) is 30.0 Å². The number of halogens is 7. The second-order valence-electron chi connectivity index (χ2n) is 28.3. The van der Waals surface area contributed by atoms with E-state index >= 15 is 8.78 Å². The number of carbonyl (C=O) groups excluding carboxylic acids is 5. The topological polar surface area (TPSA) is 223 Å². The summed E-state index contributed by atoms with van der Waals surface area (Å²) in [6.45, 7) is 9.67. The van der Waals surface area contributed by atoms with Crippen molar-refractivity contribution < 1.29 is 52.1 Å². The number of carboxylic acid groups (broad SMARTS) is 1. The van der Waals surface area contributed by atoms with Crippen molar-refractivity contribution in [2.24, 2.45) is 45.1 Å². The summed E-state index contributed by atoms with van der Waals surface area (Å²) >= 11 is 24.9. The highest BCUT2D eigenvalue weighted by Gasteiger charge is 2.74. The number of Topliss-reactive ketones (excluding diaryl/α,β-unsaturated/α-hetero) is 1. The number of amides is 4. The fourth-order valence-corrected chi connectivity index (χ4v) is 17.5. The highest BCUT2D eigenvalue weighted by atomic mass is 35.5. The number of hydrogen-bond donors (Lipinski definition) is 4. The minimum absolute atomic E-state index is 0. The molecule has 0 bridgehead atoms. The van der Waals surface area contributed by atoms with E-state index in [4.69, 9.17) is 61.6 Å². The van der Waals surface area contributed by atoms with E-state index in [1.807, 2.05) is 6.07 Å². The van der Waals surface area contributed by atoms with E-state index in [0.29, 0.717) is 72.3 Å². The number of nitrogens with zero attached hydrogens (tertiary/aromatic N) is 4. The molecule has 2 aromatic heterocycles. The van der Waals surface area contributed by atoms with Gasteiger partial charge in [0, 0.05) is 92.2 Å². The molecule has 4 aliphatic heterocycles. The first-order chi connectivity index (χ1) is 41.9. The highest BCUT2D eigenvalue weighted by Crippen LogP contribution is 2.74. The van der Waals surface area contributed by atoms with Crippen molar-refractivity contribution in [2.45, 2.75) is 165 Å². The molecule has 488 valence electrons. The first-order valence-electron chi connectivity index (χ1n) is 30.9. The summed E-state index contributed by atoms with van der Waals surface area (Å²) in [5.41, 5.74) is 5.16. The fraction of sp³-hybridized carbons (Fsp3) is 0.582. The summed E-state index contributed by atoms with van der Waals surface area (Å²) in [5.74, 6) is -6.41. The van der Waals surface area contributed by atoms with E-state index in [9.17, 15) is 33.9 Å². The molecule has 4 spiro atoms. The minimum atomic E-state index is -1.25. The van der Waals surface area contributed by atoms with Gasteiger partial charge in [-0.05, 0) is 176 Å². The maximum atomic E-state index is 16.1. The number of fused-ring (bicyclic) bond motifs is 6. The van der Waals surface area contributed by atoms with Crippen LogP contribution in [-0.2, 0) is 49.1 Å². The van der Waals surface area contributed by atoms with E-state index in [1.165, 1.54) is 23.4 Å². The lowest BCUT2D eigenvalue weighted by atomic mass is 9.51. The maximum absolute atomic E-state index is 16.1. The van der Waals surface area contributed by atoms with E-state index in [2.05, 4.69) is 48.3 Å². The zero-order valence-corrected chi connectivity index (χ0v) is 56.0. The Kier molecular flexibility index (Phi) is 20.3. The van der Waals surface area contributed by atoms with Gasteiger partial charge in [-0.15, -0.1) is 12.4 Å². The van der Waals surface area contributed by atoms with Gasteiger partial charge in [0.1, 0.15) is 18.0 Å². The Labute approximate surface area is 551 Å². The Morgan fingerprint density at radius 2 is 1.03 bits per heavy atom. The number of nitrogens with one attached hydrogen (secondary N) is 2. The fourth-order valence-electron chi connectivity index (χ4n) is 16.9. The Bertz CT molecular complexity index is 3430. The van der Waals surface area contributed by atoms with Crippen LogP contribution < -0.4 is 16.4 Å². The Morgan fingerprint density at radius 3 is 1.42 bits per heavy atom. The van der Waals surface area contributed by atoms with Crippen molar-refractivity contribution in [3.8, 4) is 0 Å². The number of carboxylic acids is 1. The van der Waals surface area contributed by atoms with Crippen LogP contribution in [0.1, 0.15) is 158 Å². The number of carbonyl (C=O) groups is 6. The van der Waals surface area contributed by atoms with Crippen molar-refractivity contribution >= 4 is 106 Å². The van der Waals surface area contributed by atoms with Crippen molar-refractivity contribution in [2.75, 3.05) is 52.0 Å². The van der Waals surface area contributed by atoms with E-state index in [0.717, 1.165) is 56.9 Å². The van der Waals surface area contributed by atoms with Crippen LogP contribution in [0, 0.1) is 51.0 Å². The molecule has 23 heteroatoms. The number of aromatic nitrogens is 2. The predicted octanol–water partition coefficient (Wildman–Crippen LogP) is 13.1. The molecule has 6 fully saturated rings. The van der Waals surface area contributed by atoms with Crippen LogP contribution in [0.4, 0.5) is 20.2 Å². The minimum Gasteiger partial charge on any atom is -0.481 e. The molecule has 4 saturated carbocycles. The van der Waals surface area contributed by atoms with Gasteiger partial charge in [-0.2, -0.15) is 0 Å². The first kappa shape index (κ1) is 69.3. The molecule has 1 unspecified atom stereocenters. The monoisotopic (exact) mass is 1340 g/mol. The molecule has 6 heterocycles. The molecule has 0 radical (unpaired) electrons. The zero-order valence-electron chi connectivity index (χ0n) is 52.2. The van der Waals surface area contributed by atoms with Gasteiger partial charge >= 0.3 is 5.97 Å². The molecular formula is C67H82Cl5F2N7O9. The molecule has 12 rings (SSSR count). The van der Waals surface area contributed by atoms with Gasteiger partial charge in [0.15, 0.2) is 21.9 Å². The summed E-state index contributed by atoms with van der Waals surface area (Å²) < 4.78 is 42.7. The maximum Gasteiger partial charge on any atom is 0.307 e. The van der Waals surface area contributed by atoms with Gasteiger partial charge < -0.3 is 40.7 Å². The lowest BCUT2D eigenvalue weighted by Crippen LogP contribution is -2.52. The number of rotatable bonds is 8. The van der Waals surface area contributed by atoms with E-state index < -0.39 is 69.0 Å². The molecule has 2 aromatic carbocycles. The van der Waals surface area contributed by atoms with Gasteiger partial charge in [0.2, 0.25) is 11.8 Å². The summed E-state index contributed by atoms with van der Waals surface area (Å²) in [6, 6.07) is 13.8. The third kappa shape index (κ3) is 12.3. The Morgan fingerprint density at radius 1 is 0.622 bits per heavy atom. The molecule has 2 saturated heterocycles. The van der Waals surface area contributed by atoms with E-state index in [1.54, 1.807) is 69.5 Å². The number of nitrogens with two attached hydrogens (primary N) is 1. The number of ether oxygens (including phenoxy) is 2. The lowest BCUT2D eigenvalue weighted by Gasteiger charge is -2.51. The average Bonchev–Trinajstić information content (AvgIpc) is 1.51. The zero-order chi connectivity index (χ0) is 64.5. The molecule has 4 aliphatic carbocycles. The number of aliphatic carboxylic acids is 1. The molecule has 5 N–H and O–H groups in total. The van der Waals surface area contributed by atoms with Gasteiger partial charge in [-0.25, -0.2) is 18.7 Å². The number of benzene rings is 2. The number of hydrogen-bond acceptors (Lipinski definition) is 11. The van der Waals surface area contributed by atoms with Gasteiger partial charge in [0.25, 0.3) is 11.8 Å². The van der Waals surface area contributed by atoms with Gasteiger partial charge in [-0.1, -0.05) is 86.2 Å². The van der Waals surface area contributed by atoms with Crippen LogP contribution in [0.2, 0.25) is 20.4 Å². The second-order valence-corrected chi connectivity index (χ2v) is 29.9. The molecule has 90 heavy (non-hydrogen) atoms. The largest absolute Gasteiger partial charge is 0.481 e. The normalized spacial score (nSPS) is 29.5. The summed E-state index contributed by atoms with van der Waals surface area (Å²) in [5, 5.41) is 16.7. The van der Waals surface area contributed by atoms with Crippen LogP contribution >= 0.6 is 58.8 Å². The second kappa shape index (κ2) is 26.4. The quantitative estimate of drug-likeness (QED) is 0.121. The third-order valence-corrected chi connectivity index (χ3v) is 22.5. The Balaban J connectivity index is 0.000000183. The SMILES string of the molecule is CC1(C)CCC2(CC1)C[C@@H](C(=O)O)[C@H](c1ccnc(Cl)c1F)C21C(=O)Nc2cc(Cl)ccc21.CN(C)C(=O)[C@@H]1CC[C@@H](CC(=O)[C@@H]2CC3(CCC(C)(C)CC3)[C@@]3(C(=O)Nc4cc(Cl)ccc43)[C@H]2c2ccnc(Cl)c2F)CO1.CN(C)C(=O)[C@@H]1CC[C@@H](N)CO1.Cl. The van der Waals surface area contributed by atoms with Crippen LogP contribution in [-0.4, -0.2) is 120 Å². The molecule has 4 amide bonds. The highest BCUT2D eigenvalue weighted by molar-refractivity contribution is 6.32. The van der Waals surface area contributed by atoms with Crippen molar-refractivity contribution in [1.82, 2.24) is 19.8 Å². The summed E-state index contributed by atoms with van der Waals surface area (Å²) in [4.78, 5) is 90.5. The summed E-state index contributed by atoms with van der Waals surface area (Å²) in [6.07, 6.45) is 12.2. The standard InChI is InChI=1S/C34H40Cl2FN3O4.C25H25Cl2FN2O3.C8H16N2O2.ClH/c1-32(2)10-12-33(13-11-32)17-22(25(41)15-19-5-8-26(44-18-19)30(42)40(3)4)27(21-9-14-38-29(36)28(21)37)34(33)23-7-6-20(35)16-24(23)39-31(34)43;1-23(2)6-8-24(9-7-23)12-15(21(31)32)18(14-5-10-29-20(27)19(14)28)25(24)16-4-3-13(26)11-17(16)30-22(25)33;1-10(2)8(11)7-4-3-6(9)5-12-7;/h6-7,9,14,16,19,22,26-27H,5,8,10-13,15,17-18H2,1-4H3,(H,39,43);3-5,10-11,15,18H,6-9,12H2,1-2H3,(H,30,33)(H,31,32);6-7H,3-5,9H2,1-2H3;1H/t19-,22-,26-,27-,34+;15-,18+,25?;6-,7+;/m011./s1. The Hall–Kier alpha value is -5.05. The van der Waals surface area contributed by atoms with Gasteiger partial charge in [-0.3, -0.25) is 28.8 Å². The number of likely N-dealkylation sites (N-methyl/N-ethyl adjacent to an activating group) is 2. The molecular weight excluding hydrogens is 1260 g/mol. The van der Waals surface area contributed by atoms with Crippen LogP contribution in [0.15, 0.2) is 60.9 Å². The van der Waals surface area contributed by atoms with Crippen molar-refractivity contribution in [3.63, 3.8) is 0 Å². The average molecular weight is 1340 g/mol. The van der Waals surface area contributed by atoms with E-state index in [-0.39, 0.29) is 105 Å². The number of anilines is 2. The van der Waals surface area contributed by atoms with Crippen LogP contribution in [0.5, 0.6) is 0 Å². The number of ketones is 1. The predicted molar refractivity (Wildman–Crippen MR) is 344 cm³/mol. The summed E-state index contributed by atoms with van der Waals surface area (Å²) in [7, 11) is 6.88.